The standard InChI is InChI=1S/C26H32N4O5/c1-17-8-7-9-21(18(17)2)23(24(32)29-19-10-12-20(34-6)13-11-19)30(15-14-27)22(31)16-28-25(33)35-26(3,4)5/h7-13,23H,15-16H2,1-6H3,(H,28,33)(H,29,32). The lowest BCUT2D eigenvalue weighted by molar-refractivity contribution is -0.137. The molecule has 0 radical (unpaired) electrons. The van der Waals surface area contributed by atoms with Crippen LogP contribution in [-0.2, 0) is 14.3 Å². The smallest absolute Gasteiger partial charge is 0.408 e. The molecule has 0 bridgehead atoms. The van der Waals surface area contributed by atoms with Gasteiger partial charge in [-0.25, -0.2) is 4.79 Å². The molecule has 0 fully saturated rings. The zero-order valence-corrected chi connectivity index (χ0v) is 21.0. The van der Waals surface area contributed by atoms with E-state index in [1.54, 1.807) is 64.3 Å². The van der Waals surface area contributed by atoms with Gasteiger partial charge < -0.3 is 25.0 Å². The van der Waals surface area contributed by atoms with Crippen molar-refractivity contribution in [2.24, 2.45) is 0 Å². The highest BCUT2D eigenvalue weighted by molar-refractivity contribution is 5.98. The molecule has 2 rings (SSSR count). The molecule has 35 heavy (non-hydrogen) atoms. The Morgan fingerprint density at radius 3 is 2.31 bits per heavy atom. The van der Waals surface area contributed by atoms with E-state index in [-0.39, 0.29) is 6.54 Å². The molecule has 186 valence electrons. The van der Waals surface area contributed by atoms with Crippen LogP contribution in [0.15, 0.2) is 42.5 Å². The maximum atomic E-state index is 13.5. The topological polar surface area (TPSA) is 121 Å². The van der Waals surface area contributed by atoms with Crippen molar-refractivity contribution in [1.82, 2.24) is 10.2 Å². The van der Waals surface area contributed by atoms with Crippen LogP contribution >= 0.6 is 0 Å². The van der Waals surface area contributed by atoms with Crippen LogP contribution in [0.2, 0.25) is 0 Å². The number of ether oxygens (including phenoxy) is 2. The van der Waals surface area contributed by atoms with Crippen molar-refractivity contribution in [3.05, 3.63) is 59.2 Å². The lowest BCUT2D eigenvalue weighted by Crippen LogP contribution is -2.47. The number of anilines is 1. The van der Waals surface area contributed by atoms with Gasteiger partial charge in [-0.05, 0) is 75.6 Å². The summed E-state index contributed by atoms with van der Waals surface area (Å²) in [6, 6.07) is 13.0. The summed E-state index contributed by atoms with van der Waals surface area (Å²) in [6.45, 7) is 8.07. The highest BCUT2D eigenvalue weighted by Crippen LogP contribution is 2.28. The first-order chi connectivity index (χ1) is 16.5. The molecule has 2 N–H and O–H groups in total. The average molecular weight is 481 g/mol. The van der Waals surface area contributed by atoms with Crippen LogP contribution in [0.4, 0.5) is 10.5 Å². The summed E-state index contributed by atoms with van der Waals surface area (Å²) in [4.78, 5) is 39.9. The molecule has 2 aromatic rings. The molecule has 3 amide bonds. The Labute approximate surface area is 206 Å². The van der Waals surface area contributed by atoms with E-state index in [9.17, 15) is 19.6 Å². The van der Waals surface area contributed by atoms with Crippen molar-refractivity contribution in [3.8, 4) is 11.8 Å². The van der Waals surface area contributed by atoms with Crippen LogP contribution in [0.25, 0.3) is 0 Å². The molecule has 9 nitrogen and oxygen atoms in total. The molecular weight excluding hydrogens is 448 g/mol. The van der Waals surface area contributed by atoms with Gasteiger partial charge in [0.15, 0.2) is 0 Å². The molecule has 0 saturated heterocycles. The third-order valence-corrected chi connectivity index (χ3v) is 5.20. The summed E-state index contributed by atoms with van der Waals surface area (Å²) in [5.74, 6) is -0.471. The summed E-state index contributed by atoms with van der Waals surface area (Å²) in [5, 5.41) is 14.7. The highest BCUT2D eigenvalue weighted by Gasteiger charge is 2.33. The number of nitrogens with one attached hydrogen (secondary N) is 2. The largest absolute Gasteiger partial charge is 0.497 e. The van der Waals surface area contributed by atoms with Crippen molar-refractivity contribution in [3.63, 3.8) is 0 Å². The maximum Gasteiger partial charge on any atom is 0.408 e. The first-order valence-electron chi connectivity index (χ1n) is 11.1. The van der Waals surface area contributed by atoms with Gasteiger partial charge in [0, 0.05) is 5.69 Å². The number of hydrogen-bond acceptors (Lipinski definition) is 6. The number of aryl methyl sites for hydroxylation is 1. The molecule has 0 aromatic heterocycles. The van der Waals surface area contributed by atoms with Crippen LogP contribution in [0, 0.1) is 25.2 Å². The Balaban J connectivity index is 2.38. The molecule has 0 aliphatic rings. The van der Waals surface area contributed by atoms with Crippen molar-refractivity contribution in [2.75, 3.05) is 25.5 Å². The Morgan fingerprint density at radius 2 is 1.74 bits per heavy atom. The number of nitrogens with zero attached hydrogens (tertiary/aromatic N) is 2. The fourth-order valence-corrected chi connectivity index (χ4v) is 3.37. The predicted molar refractivity (Wildman–Crippen MR) is 132 cm³/mol. The minimum absolute atomic E-state index is 0.358. The van der Waals surface area contributed by atoms with E-state index in [2.05, 4.69) is 10.6 Å². The highest BCUT2D eigenvalue weighted by atomic mass is 16.6. The van der Waals surface area contributed by atoms with Crippen molar-refractivity contribution in [2.45, 2.75) is 46.3 Å². The third-order valence-electron chi connectivity index (χ3n) is 5.20. The minimum Gasteiger partial charge on any atom is -0.497 e. The molecule has 1 unspecified atom stereocenters. The first kappa shape index (κ1) is 27.2. The van der Waals surface area contributed by atoms with Gasteiger partial charge in [0.05, 0.1) is 13.2 Å². The van der Waals surface area contributed by atoms with Crippen LogP contribution < -0.4 is 15.4 Å². The van der Waals surface area contributed by atoms with Gasteiger partial charge in [0.1, 0.15) is 30.5 Å². The zero-order valence-electron chi connectivity index (χ0n) is 21.0. The second-order valence-electron chi connectivity index (χ2n) is 8.94. The number of methoxy groups -OCH3 is 1. The Bertz CT molecular complexity index is 1100. The Kier molecular flexibility index (Phi) is 9.23. The molecule has 0 saturated carbocycles. The van der Waals surface area contributed by atoms with Gasteiger partial charge in [0.25, 0.3) is 5.91 Å². The van der Waals surface area contributed by atoms with E-state index >= 15 is 0 Å². The van der Waals surface area contributed by atoms with Gasteiger partial charge in [-0.3, -0.25) is 9.59 Å². The van der Waals surface area contributed by atoms with Crippen molar-refractivity contribution >= 4 is 23.6 Å². The number of nitriles is 1. The minimum atomic E-state index is -1.11. The molecule has 0 heterocycles. The lowest BCUT2D eigenvalue weighted by Gasteiger charge is -2.31. The Morgan fingerprint density at radius 1 is 1.09 bits per heavy atom. The second-order valence-corrected chi connectivity index (χ2v) is 8.94. The maximum absolute atomic E-state index is 13.5. The van der Waals surface area contributed by atoms with E-state index in [0.717, 1.165) is 16.0 Å². The number of rotatable bonds is 8. The van der Waals surface area contributed by atoms with E-state index in [1.165, 1.54) is 0 Å². The number of alkyl carbamates (subject to hydrolysis) is 1. The SMILES string of the molecule is COc1ccc(NC(=O)C(c2cccc(C)c2C)N(CC#N)C(=O)CNC(=O)OC(C)(C)C)cc1. The summed E-state index contributed by atoms with van der Waals surface area (Å²) in [7, 11) is 1.54. The lowest BCUT2D eigenvalue weighted by atomic mass is 9.95. The quantitative estimate of drug-likeness (QED) is 0.554. The van der Waals surface area contributed by atoms with Crippen LogP contribution in [0.3, 0.4) is 0 Å². The van der Waals surface area contributed by atoms with Gasteiger partial charge in [-0.1, -0.05) is 18.2 Å². The molecule has 0 aliphatic carbocycles. The van der Waals surface area contributed by atoms with Gasteiger partial charge in [0.2, 0.25) is 5.91 Å². The fourth-order valence-electron chi connectivity index (χ4n) is 3.37. The fraction of sp³-hybridized carbons (Fsp3) is 0.385. The second kappa shape index (κ2) is 11.9. The number of hydrogen-bond donors (Lipinski definition) is 2. The van der Waals surface area contributed by atoms with E-state index in [4.69, 9.17) is 9.47 Å². The normalized spacial score (nSPS) is 11.6. The van der Waals surface area contributed by atoms with Crippen molar-refractivity contribution in [1.29, 1.82) is 5.26 Å². The summed E-state index contributed by atoms with van der Waals surface area (Å²) >= 11 is 0. The summed E-state index contributed by atoms with van der Waals surface area (Å²) < 4.78 is 10.3. The monoisotopic (exact) mass is 480 g/mol. The first-order valence-corrected chi connectivity index (χ1v) is 11.1. The van der Waals surface area contributed by atoms with E-state index in [0.29, 0.717) is 17.0 Å². The van der Waals surface area contributed by atoms with Crippen LogP contribution in [-0.4, -0.2) is 48.6 Å². The van der Waals surface area contributed by atoms with Crippen LogP contribution in [0.1, 0.15) is 43.5 Å². The molecule has 1 atom stereocenters. The molecule has 9 heteroatoms. The van der Waals surface area contributed by atoms with Gasteiger partial charge in [-0.15, -0.1) is 0 Å². The van der Waals surface area contributed by atoms with E-state index in [1.807, 2.05) is 26.0 Å². The third kappa shape index (κ3) is 7.74. The van der Waals surface area contributed by atoms with Crippen LogP contribution in [0.5, 0.6) is 5.75 Å². The summed E-state index contributed by atoms with van der Waals surface area (Å²) in [6.07, 6.45) is -0.770. The predicted octanol–water partition coefficient (Wildman–Crippen LogP) is 3.87. The van der Waals surface area contributed by atoms with Gasteiger partial charge in [-0.2, -0.15) is 5.26 Å². The Hall–Kier alpha value is -4.06. The number of benzene rings is 2. The average Bonchev–Trinajstić information content (AvgIpc) is 2.79. The molecule has 0 aliphatic heterocycles. The number of amides is 3. The zero-order chi connectivity index (χ0) is 26.2. The van der Waals surface area contributed by atoms with E-state index < -0.39 is 36.1 Å². The summed E-state index contributed by atoms with van der Waals surface area (Å²) in [5.41, 5.74) is 2.09. The molecule has 2 aromatic carbocycles. The van der Waals surface area contributed by atoms with Crippen molar-refractivity contribution < 1.29 is 23.9 Å². The number of carbonyl (C=O) groups excluding carboxylic acids is 3. The molecular formula is C26H32N4O5. The van der Waals surface area contributed by atoms with Gasteiger partial charge >= 0.3 is 6.09 Å². The molecule has 0 spiro atoms. The number of carbonyl (C=O) groups is 3.